The van der Waals surface area contributed by atoms with Gasteiger partial charge in [-0.15, -0.1) is 11.3 Å². The molecule has 0 aromatic carbocycles. The molecule has 0 spiro atoms. The highest BCUT2D eigenvalue weighted by Gasteiger charge is 2.39. The zero-order valence-electron chi connectivity index (χ0n) is 12.0. The third-order valence-electron chi connectivity index (χ3n) is 4.12. The van der Waals surface area contributed by atoms with Gasteiger partial charge in [0.25, 0.3) is 5.91 Å². The summed E-state index contributed by atoms with van der Waals surface area (Å²) in [5, 5.41) is 1.92. The zero-order valence-corrected chi connectivity index (χ0v) is 12.8. The number of carbonyl (C=O) groups excluding carboxylic acids is 1. The summed E-state index contributed by atoms with van der Waals surface area (Å²) >= 11 is 1.47. The van der Waals surface area contributed by atoms with Crippen LogP contribution in [-0.2, 0) is 4.74 Å². The van der Waals surface area contributed by atoms with Crippen LogP contribution in [0.25, 0.3) is 0 Å². The lowest BCUT2D eigenvalue weighted by molar-refractivity contribution is 0.00871. The SMILES string of the molecule is CCOc1ccsc1C(=O)N1CC[C@@H]2O[C@H](C)C[C@@H]2C1. The number of rotatable bonds is 3. The van der Waals surface area contributed by atoms with Crippen LogP contribution in [-0.4, -0.2) is 42.7 Å². The Hall–Kier alpha value is -1.07. The maximum absolute atomic E-state index is 12.6. The van der Waals surface area contributed by atoms with Crippen molar-refractivity contribution >= 4 is 17.2 Å². The summed E-state index contributed by atoms with van der Waals surface area (Å²) in [4.78, 5) is 15.3. The van der Waals surface area contributed by atoms with Crippen LogP contribution in [0.3, 0.4) is 0 Å². The average Bonchev–Trinajstić information content (AvgIpc) is 3.02. The minimum absolute atomic E-state index is 0.112. The lowest BCUT2D eigenvalue weighted by Crippen LogP contribution is -2.44. The van der Waals surface area contributed by atoms with Gasteiger partial charge < -0.3 is 14.4 Å². The van der Waals surface area contributed by atoms with E-state index in [0.717, 1.165) is 36.6 Å². The van der Waals surface area contributed by atoms with Crippen molar-refractivity contribution < 1.29 is 14.3 Å². The highest BCUT2D eigenvalue weighted by molar-refractivity contribution is 7.12. The van der Waals surface area contributed by atoms with Crippen LogP contribution in [0.15, 0.2) is 11.4 Å². The Morgan fingerprint density at radius 3 is 3.25 bits per heavy atom. The molecule has 3 rings (SSSR count). The second-order valence-corrected chi connectivity index (χ2v) is 6.48. The molecule has 3 atom stereocenters. The number of amides is 1. The van der Waals surface area contributed by atoms with E-state index in [1.165, 1.54) is 11.3 Å². The van der Waals surface area contributed by atoms with Crippen molar-refractivity contribution in [1.29, 1.82) is 0 Å². The van der Waals surface area contributed by atoms with Crippen molar-refractivity contribution in [2.45, 2.75) is 38.9 Å². The first-order valence-electron chi connectivity index (χ1n) is 7.34. The molecule has 110 valence electrons. The fourth-order valence-corrected chi connectivity index (χ4v) is 4.05. The van der Waals surface area contributed by atoms with E-state index in [0.29, 0.717) is 24.7 Å². The maximum atomic E-state index is 12.6. The third-order valence-corrected chi connectivity index (χ3v) is 5.00. The van der Waals surface area contributed by atoms with Crippen LogP contribution in [0, 0.1) is 5.92 Å². The van der Waals surface area contributed by atoms with Crippen LogP contribution in [0.4, 0.5) is 0 Å². The van der Waals surface area contributed by atoms with Gasteiger partial charge in [-0.3, -0.25) is 4.79 Å². The monoisotopic (exact) mass is 295 g/mol. The minimum atomic E-state index is 0.112. The number of nitrogens with zero attached hydrogens (tertiary/aromatic N) is 1. The highest BCUT2D eigenvalue weighted by atomic mass is 32.1. The highest BCUT2D eigenvalue weighted by Crippen LogP contribution is 2.34. The quantitative estimate of drug-likeness (QED) is 0.860. The van der Waals surface area contributed by atoms with Gasteiger partial charge in [0.05, 0.1) is 18.8 Å². The molecule has 5 heteroatoms. The second-order valence-electron chi connectivity index (χ2n) is 5.57. The topological polar surface area (TPSA) is 38.8 Å². The van der Waals surface area contributed by atoms with Crippen LogP contribution in [0.1, 0.15) is 36.4 Å². The first-order valence-corrected chi connectivity index (χ1v) is 8.22. The summed E-state index contributed by atoms with van der Waals surface area (Å²) < 4.78 is 11.4. The van der Waals surface area contributed by atoms with Crippen LogP contribution in [0.2, 0.25) is 0 Å². The molecule has 2 fully saturated rings. The zero-order chi connectivity index (χ0) is 14.1. The number of carbonyl (C=O) groups is 1. The Labute approximate surface area is 123 Å². The largest absolute Gasteiger partial charge is 0.492 e. The van der Waals surface area contributed by atoms with Gasteiger partial charge >= 0.3 is 0 Å². The number of ether oxygens (including phenoxy) is 2. The third kappa shape index (κ3) is 2.56. The second kappa shape index (κ2) is 5.74. The first-order chi connectivity index (χ1) is 9.69. The van der Waals surface area contributed by atoms with Crippen molar-refractivity contribution in [3.63, 3.8) is 0 Å². The molecule has 4 nitrogen and oxygen atoms in total. The van der Waals surface area contributed by atoms with Crippen LogP contribution >= 0.6 is 11.3 Å². The molecule has 2 saturated heterocycles. The Morgan fingerprint density at radius 2 is 2.45 bits per heavy atom. The lowest BCUT2D eigenvalue weighted by Gasteiger charge is -2.34. The van der Waals surface area contributed by atoms with E-state index in [1.807, 2.05) is 23.3 Å². The molecule has 3 heterocycles. The van der Waals surface area contributed by atoms with Gasteiger partial charge in [0.15, 0.2) is 0 Å². The summed E-state index contributed by atoms with van der Waals surface area (Å²) in [7, 11) is 0. The van der Waals surface area contributed by atoms with Gasteiger partial charge in [-0.25, -0.2) is 0 Å². The standard InChI is InChI=1S/C15H21NO3S/c1-3-18-13-5-7-20-14(13)15(17)16-6-4-12-11(9-16)8-10(2)19-12/h5,7,10-12H,3-4,6,8-9H2,1-2H3/t10-,11-,12+/m1/s1. The summed E-state index contributed by atoms with van der Waals surface area (Å²) in [6.07, 6.45) is 2.71. The predicted molar refractivity (Wildman–Crippen MR) is 78.5 cm³/mol. The number of hydrogen-bond acceptors (Lipinski definition) is 4. The molecule has 2 aliphatic heterocycles. The summed E-state index contributed by atoms with van der Waals surface area (Å²) in [5.41, 5.74) is 0. The molecule has 2 aliphatic rings. The molecule has 0 radical (unpaired) electrons. The molecular weight excluding hydrogens is 274 g/mol. The molecule has 1 aromatic rings. The molecule has 1 aromatic heterocycles. The van der Waals surface area contributed by atoms with Gasteiger partial charge in [0.2, 0.25) is 0 Å². The molecule has 0 bridgehead atoms. The normalized spacial score (nSPS) is 29.3. The number of likely N-dealkylation sites (tertiary alicyclic amines) is 1. The lowest BCUT2D eigenvalue weighted by atomic mass is 9.93. The van der Waals surface area contributed by atoms with E-state index in [9.17, 15) is 4.79 Å². The Bertz CT molecular complexity index is 487. The molecule has 0 saturated carbocycles. The van der Waals surface area contributed by atoms with Crippen molar-refractivity contribution in [1.82, 2.24) is 4.90 Å². The number of fused-ring (bicyclic) bond motifs is 1. The number of piperidine rings is 1. The fraction of sp³-hybridized carbons (Fsp3) is 0.667. The van der Waals surface area contributed by atoms with E-state index in [-0.39, 0.29) is 5.91 Å². The molecule has 0 unspecified atom stereocenters. The van der Waals surface area contributed by atoms with Crippen molar-refractivity contribution in [2.75, 3.05) is 19.7 Å². The molecule has 0 aliphatic carbocycles. The Balaban J connectivity index is 1.70. The van der Waals surface area contributed by atoms with Gasteiger partial charge in [0, 0.05) is 19.0 Å². The first kappa shape index (κ1) is 13.9. The van der Waals surface area contributed by atoms with E-state index < -0.39 is 0 Å². The van der Waals surface area contributed by atoms with E-state index in [2.05, 4.69) is 6.92 Å². The van der Waals surface area contributed by atoms with Crippen molar-refractivity contribution in [3.05, 3.63) is 16.3 Å². The van der Waals surface area contributed by atoms with Crippen LogP contribution < -0.4 is 4.74 Å². The van der Waals surface area contributed by atoms with Gasteiger partial charge in [-0.2, -0.15) is 0 Å². The summed E-state index contributed by atoms with van der Waals surface area (Å²) in [6, 6.07) is 1.88. The fourth-order valence-electron chi connectivity index (χ4n) is 3.25. The van der Waals surface area contributed by atoms with Crippen molar-refractivity contribution in [3.8, 4) is 5.75 Å². The van der Waals surface area contributed by atoms with E-state index >= 15 is 0 Å². The Kier molecular flexibility index (Phi) is 3.98. The van der Waals surface area contributed by atoms with Gasteiger partial charge in [-0.05, 0) is 38.1 Å². The molecule has 1 amide bonds. The number of hydrogen-bond donors (Lipinski definition) is 0. The van der Waals surface area contributed by atoms with E-state index in [4.69, 9.17) is 9.47 Å². The average molecular weight is 295 g/mol. The number of thiophene rings is 1. The Morgan fingerprint density at radius 1 is 1.60 bits per heavy atom. The molecule has 20 heavy (non-hydrogen) atoms. The van der Waals surface area contributed by atoms with Crippen molar-refractivity contribution in [2.24, 2.45) is 5.92 Å². The summed E-state index contributed by atoms with van der Waals surface area (Å²) in [6.45, 7) is 6.26. The molecular formula is C15H21NO3S. The van der Waals surface area contributed by atoms with Gasteiger partial charge in [-0.1, -0.05) is 0 Å². The van der Waals surface area contributed by atoms with E-state index in [1.54, 1.807) is 0 Å². The maximum Gasteiger partial charge on any atom is 0.267 e. The minimum Gasteiger partial charge on any atom is -0.492 e. The predicted octanol–water partition coefficient (Wildman–Crippen LogP) is 2.79. The van der Waals surface area contributed by atoms with Crippen LogP contribution in [0.5, 0.6) is 5.75 Å². The van der Waals surface area contributed by atoms with Gasteiger partial charge in [0.1, 0.15) is 10.6 Å². The summed E-state index contributed by atoms with van der Waals surface area (Å²) in [5.74, 6) is 1.33. The molecule has 0 N–H and O–H groups in total. The smallest absolute Gasteiger partial charge is 0.267 e.